The molecule has 1 fully saturated rings. The van der Waals surface area contributed by atoms with E-state index in [9.17, 15) is 9.59 Å². The van der Waals surface area contributed by atoms with Crippen LogP contribution < -0.4 is 0 Å². The first-order valence-electron chi connectivity index (χ1n) is 11.1. The number of para-hydroxylation sites is 1. The Labute approximate surface area is 184 Å². The van der Waals surface area contributed by atoms with Gasteiger partial charge in [-0.15, -0.1) is 0 Å². The van der Waals surface area contributed by atoms with Crippen LogP contribution in [0.5, 0.6) is 0 Å². The van der Waals surface area contributed by atoms with E-state index in [1.54, 1.807) is 4.90 Å². The maximum absolute atomic E-state index is 12.3. The molecule has 0 aliphatic carbocycles. The second-order valence-corrected chi connectivity index (χ2v) is 9.43. The quantitative estimate of drug-likeness (QED) is 0.586. The van der Waals surface area contributed by atoms with Crippen LogP contribution in [0.4, 0.5) is 4.79 Å². The molecule has 3 rings (SSSR count). The van der Waals surface area contributed by atoms with Gasteiger partial charge in [0.05, 0.1) is 19.0 Å². The molecule has 0 N–H and O–H groups in total. The predicted molar refractivity (Wildman–Crippen MR) is 121 cm³/mol. The standard InChI is InChI=1S/C25H34N2O4/c1-25(2,3)31-24(29)27-13-11-18(12-14-27)9-10-19(16-23(28)30-4)21-15-20-7-5-6-8-22(20)26-17-21/h5-8,15,17-19H,9-14,16H2,1-4H3. The highest BCUT2D eigenvalue weighted by Crippen LogP contribution is 2.32. The first kappa shape index (κ1) is 23.0. The van der Waals surface area contributed by atoms with E-state index in [2.05, 4.69) is 11.1 Å². The highest BCUT2D eigenvalue weighted by atomic mass is 16.6. The molecular weight excluding hydrogens is 392 g/mol. The zero-order valence-corrected chi connectivity index (χ0v) is 19.1. The molecule has 2 heterocycles. The molecule has 0 bridgehead atoms. The van der Waals surface area contributed by atoms with E-state index in [0.717, 1.165) is 55.2 Å². The molecule has 1 unspecified atom stereocenters. The lowest BCUT2D eigenvalue weighted by atomic mass is 9.85. The second-order valence-electron chi connectivity index (χ2n) is 9.43. The van der Waals surface area contributed by atoms with E-state index >= 15 is 0 Å². The molecule has 168 valence electrons. The van der Waals surface area contributed by atoms with Crippen LogP contribution in [0.1, 0.15) is 64.4 Å². The monoisotopic (exact) mass is 426 g/mol. The fraction of sp³-hybridized carbons (Fsp3) is 0.560. The van der Waals surface area contributed by atoms with Crippen LogP contribution in [0.15, 0.2) is 36.5 Å². The Kier molecular flexibility index (Phi) is 7.52. The van der Waals surface area contributed by atoms with Gasteiger partial charge < -0.3 is 14.4 Å². The van der Waals surface area contributed by atoms with Crippen molar-refractivity contribution in [2.24, 2.45) is 5.92 Å². The third-order valence-electron chi connectivity index (χ3n) is 5.91. The summed E-state index contributed by atoms with van der Waals surface area (Å²) in [4.78, 5) is 30.7. The number of methoxy groups -OCH3 is 1. The number of pyridine rings is 1. The van der Waals surface area contributed by atoms with Crippen molar-refractivity contribution in [3.05, 3.63) is 42.1 Å². The van der Waals surface area contributed by atoms with E-state index in [1.807, 2.05) is 51.2 Å². The third kappa shape index (κ3) is 6.68. The maximum Gasteiger partial charge on any atom is 0.410 e. The van der Waals surface area contributed by atoms with Crippen molar-refractivity contribution in [1.29, 1.82) is 0 Å². The topological polar surface area (TPSA) is 68.7 Å². The van der Waals surface area contributed by atoms with Gasteiger partial charge in [-0.25, -0.2) is 4.79 Å². The summed E-state index contributed by atoms with van der Waals surface area (Å²) in [5.41, 5.74) is 1.57. The van der Waals surface area contributed by atoms with Crippen molar-refractivity contribution >= 4 is 23.0 Å². The van der Waals surface area contributed by atoms with Crippen molar-refractivity contribution in [2.45, 2.75) is 64.4 Å². The zero-order valence-electron chi connectivity index (χ0n) is 19.1. The molecule has 0 spiro atoms. The Morgan fingerprint density at radius 1 is 1.19 bits per heavy atom. The van der Waals surface area contributed by atoms with E-state index in [0.29, 0.717) is 12.3 Å². The highest BCUT2D eigenvalue weighted by Gasteiger charge is 2.27. The summed E-state index contributed by atoms with van der Waals surface area (Å²) in [7, 11) is 1.43. The average molecular weight is 427 g/mol. The van der Waals surface area contributed by atoms with Gasteiger partial charge in [0.15, 0.2) is 0 Å². The summed E-state index contributed by atoms with van der Waals surface area (Å²) in [5.74, 6) is 0.415. The minimum Gasteiger partial charge on any atom is -0.469 e. The van der Waals surface area contributed by atoms with E-state index < -0.39 is 5.60 Å². The van der Waals surface area contributed by atoms with Gasteiger partial charge in [-0.05, 0) is 76.0 Å². The number of benzene rings is 1. The normalized spacial score (nSPS) is 16.2. The predicted octanol–water partition coefficient (Wildman–Crippen LogP) is 5.31. The van der Waals surface area contributed by atoms with Crippen molar-refractivity contribution in [1.82, 2.24) is 9.88 Å². The number of rotatable bonds is 6. The van der Waals surface area contributed by atoms with Crippen LogP contribution >= 0.6 is 0 Å². The molecule has 6 heteroatoms. The van der Waals surface area contributed by atoms with Crippen molar-refractivity contribution in [3.8, 4) is 0 Å². The number of likely N-dealkylation sites (tertiary alicyclic amines) is 1. The molecule has 1 atom stereocenters. The van der Waals surface area contributed by atoms with Crippen molar-refractivity contribution < 1.29 is 19.1 Å². The Morgan fingerprint density at radius 3 is 2.58 bits per heavy atom. The molecule has 1 saturated heterocycles. The summed E-state index contributed by atoms with van der Waals surface area (Å²) in [5, 5.41) is 1.08. The lowest BCUT2D eigenvalue weighted by Crippen LogP contribution is -2.41. The van der Waals surface area contributed by atoms with Crippen LogP contribution in [-0.4, -0.2) is 47.7 Å². The largest absolute Gasteiger partial charge is 0.469 e. The zero-order chi connectivity index (χ0) is 22.4. The lowest BCUT2D eigenvalue weighted by Gasteiger charge is -2.34. The van der Waals surface area contributed by atoms with Crippen LogP contribution in [0.25, 0.3) is 10.9 Å². The minimum atomic E-state index is -0.469. The number of carbonyl (C=O) groups excluding carboxylic acids is 2. The van der Waals surface area contributed by atoms with Gasteiger partial charge in [0.25, 0.3) is 0 Å². The number of esters is 1. The van der Waals surface area contributed by atoms with Crippen LogP contribution in [0.2, 0.25) is 0 Å². The van der Waals surface area contributed by atoms with Gasteiger partial charge >= 0.3 is 12.1 Å². The van der Waals surface area contributed by atoms with E-state index in [4.69, 9.17) is 9.47 Å². The molecular formula is C25H34N2O4. The average Bonchev–Trinajstić information content (AvgIpc) is 2.75. The first-order valence-corrected chi connectivity index (χ1v) is 11.1. The molecule has 1 aromatic carbocycles. The molecule has 31 heavy (non-hydrogen) atoms. The number of hydrogen-bond acceptors (Lipinski definition) is 5. The fourth-order valence-corrected chi connectivity index (χ4v) is 4.15. The molecule has 2 aromatic rings. The van der Waals surface area contributed by atoms with Crippen LogP contribution in [0.3, 0.4) is 0 Å². The highest BCUT2D eigenvalue weighted by molar-refractivity contribution is 5.79. The maximum atomic E-state index is 12.3. The summed E-state index contributed by atoms with van der Waals surface area (Å²) in [6.45, 7) is 7.11. The Morgan fingerprint density at radius 2 is 1.90 bits per heavy atom. The fourth-order valence-electron chi connectivity index (χ4n) is 4.15. The second kappa shape index (κ2) is 10.1. The van der Waals surface area contributed by atoms with Gasteiger partial charge in [-0.1, -0.05) is 18.2 Å². The van der Waals surface area contributed by atoms with Gasteiger partial charge in [0.2, 0.25) is 0 Å². The molecule has 1 aromatic heterocycles. The first-order chi connectivity index (χ1) is 14.7. The number of hydrogen-bond donors (Lipinski definition) is 0. The number of aromatic nitrogens is 1. The SMILES string of the molecule is COC(=O)CC(CCC1CCN(C(=O)OC(C)(C)C)CC1)c1cnc2ccccc2c1. The summed E-state index contributed by atoms with van der Waals surface area (Å²) in [6, 6.07) is 10.2. The van der Waals surface area contributed by atoms with E-state index in [1.165, 1.54) is 7.11 Å². The van der Waals surface area contributed by atoms with Gasteiger partial charge in [-0.3, -0.25) is 9.78 Å². The summed E-state index contributed by atoms with van der Waals surface area (Å²) in [6.07, 6.45) is 5.84. The summed E-state index contributed by atoms with van der Waals surface area (Å²) >= 11 is 0. The van der Waals surface area contributed by atoms with Gasteiger partial charge in [-0.2, -0.15) is 0 Å². The van der Waals surface area contributed by atoms with Crippen molar-refractivity contribution in [3.63, 3.8) is 0 Å². The minimum absolute atomic E-state index is 0.0773. The van der Waals surface area contributed by atoms with Crippen LogP contribution in [0, 0.1) is 5.92 Å². The Hall–Kier alpha value is -2.63. The molecule has 0 saturated carbocycles. The molecule has 1 aliphatic rings. The van der Waals surface area contributed by atoms with Crippen LogP contribution in [-0.2, 0) is 14.3 Å². The number of piperidine rings is 1. The number of nitrogens with zero attached hydrogens (tertiary/aromatic N) is 2. The number of fused-ring (bicyclic) bond motifs is 1. The number of amides is 1. The Bertz CT molecular complexity index is 898. The molecule has 0 radical (unpaired) electrons. The smallest absolute Gasteiger partial charge is 0.410 e. The summed E-state index contributed by atoms with van der Waals surface area (Å²) < 4.78 is 10.4. The number of ether oxygens (including phenoxy) is 2. The van der Waals surface area contributed by atoms with E-state index in [-0.39, 0.29) is 18.0 Å². The molecule has 1 amide bonds. The van der Waals surface area contributed by atoms with Gasteiger partial charge in [0, 0.05) is 24.7 Å². The number of carbonyl (C=O) groups is 2. The Balaban J connectivity index is 1.59. The third-order valence-corrected chi connectivity index (χ3v) is 5.91. The lowest BCUT2D eigenvalue weighted by molar-refractivity contribution is -0.141. The van der Waals surface area contributed by atoms with Crippen molar-refractivity contribution in [2.75, 3.05) is 20.2 Å². The van der Waals surface area contributed by atoms with Gasteiger partial charge in [0.1, 0.15) is 5.60 Å². The molecule has 6 nitrogen and oxygen atoms in total. The molecule has 1 aliphatic heterocycles.